The fourth-order valence-corrected chi connectivity index (χ4v) is 3.22. The molecule has 1 heterocycles. The molecule has 0 atom stereocenters. The van der Waals surface area contributed by atoms with E-state index in [0.29, 0.717) is 38.5 Å². The summed E-state index contributed by atoms with van der Waals surface area (Å²) in [6.07, 6.45) is 10.2. The van der Waals surface area contributed by atoms with Crippen molar-refractivity contribution in [1.82, 2.24) is 10.6 Å². The predicted molar refractivity (Wildman–Crippen MR) is 82.2 cm³/mol. The third-order valence-corrected chi connectivity index (χ3v) is 4.78. The first-order chi connectivity index (χ1) is 10.2. The van der Waals surface area contributed by atoms with Crippen LogP contribution in [0.15, 0.2) is 0 Å². The van der Waals surface area contributed by atoms with E-state index in [1.54, 1.807) is 0 Å². The van der Waals surface area contributed by atoms with Crippen LogP contribution in [-0.2, 0) is 4.74 Å². The van der Waals surface area contributed by atoms with Crippen molar-refractivity contribution in [2.45, 2.75) is 63.4 Å². The number of hydrogen-bond acceptors (Lipinski definition) is 3. The van der Waals surface area contributed by atoms with Crippen LogP contribution >= 0.6 is 0 Å². The van der Waals surface area contributed by atoms with E-state index in [-0.39, 0.29) is 6.03 Å². The Morgan fingerprint density at radius 3 is 2.33 bits per heavy atom. The second-order valence-electron chi connectivity index (χ2n) is 6.61. The van der Waals surface area contributed by atoms with Crippen molar-refractivity contribution in [3.63, 3.8) is 0 Å². The van der Waals surface area contributed by atoms with E-state index >= 15 is 0 Å². The highest BCUT2D eigenvalue weighted by atomic mass is 16.5. The molecule has 0 aromatic rings. The van der Waals surface area contributed by atoms with Crippen molar-refractivity contribution >= 4 is 6.03 Å². The molecule has 0 bridgehead atoms. The summed E-state index contributed by atoms with van der Waals surface area (Å²) in [4.78, 5) is 11.9. The number of ether oxygens (including phenoxy) is 1. The Morgan fingerprint density at radius 1 is 1.05 bits per heavy atom. The zero-order valence-electron chi connectivity index (χ0n) is 13.0. The first-order valence-electron chi connectivity index (χ1n) is 8.50. The molecular formula is C16H30N2O3. The fraction of sp³-hybridized carbons (Fsp3) is 0.938. The Balaban J connectivity index is 1.62. The van der Waals surface area contributed by atoms with Gasteiger partial charge in [0.1, 0.15) is 0 Å². The lowest BCUT2D eigenvalue weighted by molar-refractivity contribution is -0.0600. The number of carbonyl (C=O) groups excluding carboxylic acids is 1. The molecular weight excluding hydrogens is 268 g/mol. The Morgan fingerprint density at radius 2 is 1.67 bits per heavy atom. The molecule has 1 aliphatic carbocycles. The van der Waals surface area contributed by atoms with Gasteiger partial charge < -0.3 is 20.5 Å². The molecule has 1 saturated carbocycles. The topological polar surface area (TPSA) is 70.6 Å². The van der Waals surface area contributed by atoms with Gasteiger partial charge >= 0.3 is 6.03 Å². The van der Waals surface area contributed by atoms with Gasteiger partial charge in [-0.3, -0.25) is 0 Å². The number of urea groups is 1. The van der Waals surface area contributed by atoms with Gasteiger partial charge in [-0.1, -0.05) is 32.1 Å². The minimum Gasteiger partial charge on any atom is -0.388 e. The van der Waals surface area contributed by atoms with Crippen LogP contribution in [0, 0.1) is 5.92 Å². The standard InChI is InChI=1S/C16H30N2O3/c19-15(18-13-16(20)8-10-21-11-9-16)17-12-14-6-4-2-1-3-5-7-14/h14,20H,1-13H2,(H2,17,18,19). The minimum atomic E-state index is -0.796. The van der Waals surface area contributed by atoms with E-state index in [4.69, 9.17) is 4.74 Å². The summed E-state index contributed by atoms with van der Waals surface area (Å²) >= 11 is 0. The van der Waals surface area contributed by atoms with Gasteiger partial charge in [-0.15, -0.1) is 0 Å². The quantitative estimate of drug-likeness (QED) is 0.745. The highest BCUT2D eigenvalue weighted by Crippen LogP contribution is 2.21. The lowest BCUT2D eigenvalue weighted by atomic mass is 9.91. The largest absolute Gasteiger partial charge is 0.388 e. The number of carbonyl (C=O) groups is 1. The van der Waals surface area contributed by atoms with E-state index in [9.17, 15) is 9.90 Å². The minimum absolute atomic E-state index is 0.156. The Bertz CT molecular complexity index is 309. The van der Waals surface area contributed by atoms with Gasteiger partial charge in [0, 0.05) is 39.1 Å². The molecule has 5 heteroatoms. The second-order valence-corrected chi connectivity index (χ2v) is 6.61. The fourth-order valence-electron chi connectivity index (χ4n) is 3.22. The molecule has 0 aromatic carbocycles. The molecule has 0 spiro atoms. The summed E-state index contributed by atoms with van der Waals surface area (Å²) in [6, 6.07) is -0.156. The van der Waals surface area contributed by atoms with Gasteiger partial charge in [0.05, 0.1) is 5.60 Å². The normalized spacial score (nSPS) is 23.9. The molecule has 0 aromatic heterocycles. The molecule has 2 fully saturated rings. The first-order valence-corrected chi connectivity index (χ1v) is 8.50. The van der Waals surface area contributed by atoms with Crippen LogP contribution in [0.25, 0.3) is 0 Å². The van der Waals surface area contributed by atoms with Crippen LogP contribution in [0.2, 0.25) is 0 Å². The highest BCUT2D eigenvalue weighted by Gasteiger charge is 2.30. The van der Waals surface area contributed by atoms with E-state index in [1.807, 2.05) is 0 Å². The molecule has 122 valence electrons. The molecule has 2 aliphatic rings. The summed E-state index contributed by atoms with van der Waals surface area (Å²) in [6.45, 7) is 2.21. The Labute approximate surface area is 127 Å². The van der Waals surface area contributed by atoms with Crippen molar-refractivity contribution in [3.05, 3.63) is 0 Å². The van der Waals surface area contributed by atoms with E-state index in [2.05, 4.69) is 10.6 Å². The molecule has 1 aliphatic heterocycles. The SMILES string of the molecule is O=C(NCC1CCCCCCC1)NCC1(O)CCOCC1. The predicted octanol–water partition coefficient (Wildman–Crippen LogP) is 2.19. The van der Waals surface area contributed by atoms with Crippen LogP contribution < -0.4 is 10.6 Å². The summed E-state index contributed by atoms with van der Waals surface area (Å²) in [7, 11) is 0. The molecule has 2 amide bonds. The molecule has 2 rings (SSSR count). The number of amides is 2. The third-order valence-electron chi connectivity index (χ3n) is 4.78. The maximum Gasteiger partial charge on any atom is 0.314 e. The van der Waals surface area contributed by atoms with Crippen LogP contribution in [0.5, 0.6) is 0 Å². The van der Waals surface area contributed by atoms with Gasteiger partial charge in [-0.2, -0.15) is 0 Å². The lowest BCUT2D eigenvalue weighted by Crippen LogP contribution is -2.49. The maximum absolute atomic E-state index is 11.9. The van der Waals surface area contributed by atoms with Crippen molar-refractivity contribution in [2.75, 3.05) is 26.3 Å². The first kappa shape index (κ1) is 16.6. The van der Waals surface area contributed by atoms with Crippen molar-refractivity contribution in [2.24, 2.45) is 5.92 Å². The Kier molecular flexibility index (Phi) is 6.77. The summed E-state index contributed by atoms with van der Waals surface area (Å²) in [5, 5.41) is 16.1. The monoisotopic (exact) mass is 298 g/mol. The number of aliphatic hydroxyl groups is 1. The lowest BCUT2D eigenvalue weighted by Gasteiger charge is -2.32. The van der Waals surface area contributed by atoms with Gasteiger partial charge in [0.2, 0.25) is 0 Å². The average molecular weight is 298 g/mol. The molecule has 0 unspecified atom stereocenters. The van der Waals surface area contributed by atoms with E-state index in [0.717, 1.165) is 6.54 Å². The average Bonchev–Trinajstić information content (AvgIpc) is 2.45. The second kappa shape index (κ2) is 8.59. The smallest absolute Gasteiger partial charge is 0.314 e. The van der Waals surface area contributed by atoms with Crippen LogP contribution in [0.1, 0.15) is 57.8 Å². The highest BCUT2D eigenvalue weighted by molar-refractivity contribution is 5.73. The van der Waals surface area contributed by atoms with Crippen LogP contribution in [0.4, 0.5) is 4.79 Å². The summed E-state index contributed by atoms with van der Waals surface area (Å²) in [5.41, 5.74) is -0.796. The Hall–Kier alpha value is -0.810. The molecule has 21 heavy (non-hydrogen) atoms. The van der Waals surface area contributed by atoms with Crippen LogP contribution in [0.3, 0.4) is 0 Å². The maximum atomic E-state index is 11.9. The van der Waals surface area contributed by atoms with Gasteiger partial charge in [0.25, 0.3) is 0 Å². The van der Waals surface area contributed by atoms with Gasteiger partial charge in [-0.05, 0) is 18.8 Å². The molecule has 1 saturated heterocycles. The molecule has 5 nitrogen and oxygen atoms in total. The van der Waals surface area contributed by atoms with Crippen molar-refractivity contribution in [1.29, 1.82) is 0 Å². The summed E-state index contributed by atoms with van der Waals surface area (Å²) in [5.74, 6) is 0.613. The van der Waals surface area contributed by atoms with E-state index < -0.39 is 5.60 Å². The zero-order valence-corrected chi connectivity index (χ0v) is 13.0. The third kappa shape index (κ3) is 6.22. The van der Waals surface area contributed by atoms with Crippen molar-refractivity contribution < 1.29 is 14.6 Å². The van der Waals surface area contributed by atoms with Gasteiger partial charge in [0.15, 0.2) is 0 Å². The number of nitrogens with one attached hydrogen (secondary N) is 2. The molecule has 0 radical (unpaired) electrons. The van der Waals surface area contributed by atoms with Gasteiger partial charge in [-0.25, -0.2) is 4.79 Å². The zero-order chi connectivity index (χ0) is 15.0. The van der Waals surface area contributed by atoms with Crippen molar-refractivity contribution in [3.8, 4) is 0 Å². The molecule has 3 N–H and O–H groups in total. The number of rotatable bonds is 4. The van der Waals surface area contributed by atoms with E-state index in [1.165, 1.54) is 44.9 Å². The number of hydrogen-bond donors (Lipinski definition) is 3. The summed E-state index contributed by atoms with van der Waals surface area (Å²) < 4.78 is 5.23. The van der Waals surface area contributed by atoms with Crippen LogP contribution in [-0.4, -0.2) is 43.0 Å².